The van der Waals surface area contributed by atoms with Gasteiger partial charge in [0.15, 0.2) is 0 Å². The second-order valence-electron chi connectivity index (χ2n) is 9.51. The van der Waals surface area contributed by atoms with Crippen LogP contribution >= 0.6 is 0 Å². The third-order valence-corrected chi connectivity index (χ3v) is 7.61. The van der Waals surface area contributed by atoms with E-state index in [-0.39, 0.29) is 16.9 Å². The highest BCUT2D eigenvalue weighted by molar-refractivity contribution is 7.89. The first-order chi connectivity index (χ1) is 17.3. The summed E-state index contributed by atoms with van der Waals surface area (Å²) in [6.07, 6.45) is 4.84. The molecule has 0 amide bonds. The average Bonchev–Trinajstić information content (AvgIpc) is 2.87. The molecule has 7 heteroatoms. The molecule has 0 aliphatic carbocycles. The molecule has 0 fully saturated rings. The molecule has 36 heavy (non-hydrogen) atoms. The summed E-state index contributed by atoms with van der Waals surface area (Å²) in [5, 5.41) is 9.28. The number of anilines is 1. The Morgan fingerprint density at radius 2 is 1.53 bits per heavy atom. The zero-order valence-electron chi connectivity index (χ0n) is 21.2. The summed E-state index contributed by atoms with van der Waals surface area (Å²) in [6, 6.07) is 23.7. The Morgan fingerprint density at radius 3 is 2.11 bits per heavy atom. The Hall–Kier alpha value is -2.71. The molecule has 0 bridgehead atoms. The second kappa shape index (κ2) is 13.6. The Bertz CT molecular complexity index is 1180. The minimum absolute atomic E-state index is 0.0317. The van der Waals surface area contributed by atoms with Gasteiger partial charge in [-0.1, -0.05) is 74.0 Å². The van der Waals surface area contributed by atoms with E-state index in [1.54, 1.807) is 6.07 Å². The standard InChI is InChI=1S/C29H40N4O2S/c1-2-10-27(31)25(15-9-16-30)17-24-19-28(33-21-23-13-7-4-8-14-23)26(29(20-24)36(32,34)35)18-22-11-5-3-6-12-22/h3-8,11-14,19-20,25,27,33H,2,9-10,15-18,21,30-31H2,1H3,(H2,32,34,35). The molecule has 0 saturated heterocycles. The smallest absolute Gasteiger partial charge is 0.238 e. The molecular weight excluding hydrogens is 468 g/mol. The van der Waals surface area contributed by atoms with Gasteiger partial charge < -0.3 is 16.8 Å². The van der Waals surface area contributed by atoms with E-state index < -0.39 is 10.0 Å². The number of nitrogens with two attached hydrogens (primary N) is 3. The van der Waals surface area contributed by atoms with Gasteiger partial charge in [0.25, 0.3) is 0 Å². The van der Waals surface area contributed by atoms with Crippen molar-refractivity contribution in [3.63, 3.8) is 0 Å². The van der Waals surface area contributed by atoms with Gasteiger partial charge in [0, 0.05) is 24.7 Å². The predicted octanol–water partition coefficient (Wildman–Crippen LogP) is 4.56. The molecule has 3 aromatic carbocycles. The predicted molar refractivity (Wildman–Crippen MR) is 149 cm³/mol. The van der Waals surface area contributed by atoms with Crippen molar-refractivity contribution in [3.8, 4) is 0 Å². The van der Waals surface area contributed by atoms with E-state index in [1.165, 1.54) is 0 Å². The van der Waals surface area contributed by atoms with Crippen LogP contribution in [0.2, 0.25) is 0 Å². The van der Waals surface area contributed by atoms with E-state index in [2.05, 4.69) is 18.3 Å². The van der Waals surface area contributed by atoms with Gasteiger partial charge in [-0.25, -0.2) is 13.6 Å². The zero-order valence-corrected chi connectivity index (χ0v) is 22.0. The molecule has 0 aliphatic rings. The fraction of sp³-hybridized carbons (Fsp3) is 0.379. The van der Waals surface area contributed by atoms with Crippen LogP contribution in [-0.4, -0.2) is 21.0 Å². The first-order valence-corrected chi connectivity index (χ1v) is 14.3. The van der Waals surface area contributed by atoms with E-state index in [4.69, 9.17) is 16.6 Å². The molecule has 0 aromatic heterocycles. The number of hydrogen-bond acceptors (Lipinski definition) is 5. The number of nitrogens with one attached hydrogen (secondary N) is 1. The van der Waals surface area contributed by atoms with Crippen molar-refractivity contribution < 1.29 is 8.42 Å². The SMILES string of the molecule is CCCC(N)C(CCCN)Cc1cc(NCc2ccccc2)c(Cc2ccccc2)c(S(N)(=O)=O)c1. The van der Waals surface area contributed by atoms with Crippen LogP contribution < -0.4 is 21.9 Å². The van der Waals surface area contributed by atoms with Gasteiger partial charge in [0.2, 0.25) is 10.0 Å². The van der Waals surface area contributed by atoms with Gasteiger partial charge in [0.05, 0.1) is 4.90 Å². The Balaban J connectivity index is 2.05. The minimum atomic E-state index is -3.96. The van der Waals surface area contributed by atoms with Crippen LogP contribution in [0.15, 0.2) is 77.7 Å². The Morgan fingerprint density at radius 1 is 0.889 bits per heavy atom. The molecule has 0 spiro atoms. The van der Waals surface area contributed by atoms with Crippen LogP contribution in [0, 0.1) is 5.92 Å². The van der Waals surface area contributed by atoms with E-state index in [0.29, 0.717) is 31.5 Å². The van der Waals surface area contributed by atoms with Gasteiger partial charge in [-0.2, -0.15) is 0 Å². The van der Waals surface area contributed by atoms with E-state index in [9.17, 15) is 8.42 Å². The van der Waals surface area contributed by atoms with E-state index in [0.717, 1.165) is 48.1 Å². The monoisotopic (exact) mass is 508 g/mol. The minimum Gasteiger partial charge on any atom is -0.381 e. The number of sulfonamides is 1. The molecule has 0 heterocycles. The molecule has 6 nitrogen and oxygen atoms in total. The summed E-state index contributed by atoms with van der Waals surface area (Å²) in [5.74, 6) is 0.212. The van der Waals surface area contributed by atoms with E-state index in [1.807, 2.05) is 60.7 Å². The lowest BCUT2D eigenvalue weighted by Crippen LogP contribution is -2.32. The molecule has 0 radical (unpaired) electrons. The van der Waals surface area contributed by atoms with Crippen LogP contribution in [-0.2, 0) is 29.4 Å². The average molecular weight is 509 g/mol. The van der Waals surface area contributed by atoms with Crippen molar-refractivity contribution in [2.24, 2.45) is 22.5 Å². The lowest BCUT2D eigenvalue weighted by Gasteiger charge is -2.25. The van der Waals surface area contributed by atoms with Crippen LogP contribution in [0.3, 0.4) is 0 Å². The van der Waals surface area contributed by atoms with Gasteiger partial charge in [-0.3, -0.25) is 0 Å². The maximum atomic E-state index is 12.8. The normalized spacial score (nSPS) is 13.3. The van der Waals surface area contributed by atoms with Crippen LogP contribution in [0.1, 0.15) is 54.9 Å². The first kappa shape index (κ1) is 27.9. The summed E-state index contributed by atoms with van der Waals surface area (Å²) >= 11 is 0. The Kier molecular flexibility index (Phi) is 10.5. The van der Waals surface area contributed by atoms with Gasteiger partial charge in [-0.15, -0.1) is 0 Å². The van der Waals surface area contributed by atoms with Crippen LogP contribution in [0.4, 0.5) is 5.69 Å². The summed E-state index contributed by atoms with van der Waals surface area (Å²) in [7, 11) is -3.96. The Labute approximate surface area is 216 Å². The topological polar surface area (TPSA) is 124 Å². The van der Waals surface area contributed by atoms with E-state index >= 15 is 0 Å². The number of rotatable bonds is 14. The third-order valence-electron chi connectivity index (χ3n) is 6.63. The largest absolute Gasteiger partial charge is 0.381 e. The molecule has 194 valence electrons. The molecule has 2 unspecified atom stereocenters. The molecule has 0 saturated carbocycles. The van der Waals surface area contributed by atoms with Crippen molar-refractivity contribution in [2.75, 3.05) is 11.9 Å². The first-order valence-electron chi connectivity index (χ1n) is 12.8. The lowest BCUT2D eigenvalue weighted by molar-refractivity contribution is 0.364. The fourth-order valence-corrected chi connectivity index (χ4v) is 5.57. The van der Waals surface area contributed by atoms with Crippen LogP contribution in [0.5, 0.6) is 0 Å². The summed E-state index contributed by atoms with van der Waals surface area (Å²) in [6.45, 7) is 3.31. The maximum Gasteiger partial charge on any atom is 0.238 e. The third kappa shape index (κ3) is 8.17. The molecule has 0 aliphatic heterocycles. The van der Waals surface area contributed by atoms with Crippen molar-refractivity contribution >= 4 is 15.7 Å². The molecule has 3 rings (SSSR count). The zero-order chi connectivity index (χ0) is 26.0. The molecule has 3 aromatic rings. The molecule has 2 atom stereocenters. The number of benzene rings is 3. The number of hydrogen-bond donors (Lipinski definition) is 4. The van der Waals surface area contributed by atoms with Gasteiger partial charge in [-0.05, 0) is 72.5 Å². The number of primary sulfonamides is 1. The summed E-state index contributed by atoms with van der Waals surface area (Å²) < 4.78 is 25.7. The summed E-state index contributed by atoms with van der Waals surface area (Å²) in [4.78, 5) is 0.168. The lowest BCUT2D eigenvalue weighted by atomic mass is 9.86. The van der Waals surface area contributed by atoms with Crippen molar-refractivity contribution in [1.29, 1.82) is 0 Å². The summed E-state index contributed by atoms with van der Waals surface area (Å²) in [5.41, 5.74) is 16.8. The quantitative estimate of drug-likeness (QED) is 0.254. The maximum absolute atomic E-state index is 12.8. The van der Waals surface area contributed by atoms with Crippen molar-refractivity contribution in [1.82, 2.24) is 0 Å². The highest BCUT2D eigenvalue weighted by atomic mass is 32.2. The van der Waals surface area contributed by atoms with Crippen LogP contribution in [0.25, 0.3) is 0 Å². The van der Waals surface area contributed by atoms with Crippen molar-refractivity contribution in [3.05, 3.63) is 95.1 Å². The van der Waals surface area contributed by atoms with Gasteiger partial charge in [0.1, 0.15) is 0 Å². The highest BCUT2D eigenvalue weighted by Crippen LogP contribution is 2.31. The fourth-order valence-electron chi connectivity index (χ4n) is 4.73. The highest BCUT2D eigenvalue weighted by Gasteiger charge is 2.23. The second-order valence-corrected chi connectivity index (χ2v) is 11.0. The van der Waals surface area contributed by atoms with Gasteiger partial charge >= 0.3 is 0 Å². The molecule has 7 N–H and O–H groups in total. The molecular formula is C29H40N4O2S. The van der Waals surface area contributed by atoms with Crippen molar-refractivity contribution in [2.45, 2.75) is 62.9 Å².